The van der Waals surface area contributed by atoms with Gasteiger partial charge in [0.2, 0.25) is 12.4 Å². The molecule has 0 unspecified atom stereocenters. The molecule has 2 aromatic rings. The molecule has 2 aromatic carbocycles. The van der Waals surface area contributed by atoms with Crippen molar-refractivity contribution >= 4 is 29.6 Å². The van der Waals surface area contributed by atoms with Crippen LogP contribution in [0.3, 0.4) is 0 Å². The van der Waals surface area contributed by atoms with E-state index >= 15 is 0 Å². The van der Waals surface area contributed by atoms with Crippen molar-refractivity contribution in [3.05, 3.63) is 59.7 Å². The molecule has 3 rings (SSSR count). The first kappa shape index (κ1) is 29.9. The fraction of sp³-hybridized carbons (Fsp3) is 0.370. The molecule has 13 heteroatoms. The molecule has 0 aliphatic carbocycles. The van der Waals surface area contributed by atoms with Crippen molar-refractivity contribution in [1.82, 2.24) is 0 Å². The molecular weight excluding hydrogens is 530 g/mol. The van der Waals surface area contributed by atoms with E-state index in [0.29, 0.717) is 5.56 Å². The number of phenolic OH excluding ortho intramolecular Hbond substituents is 1. The molecule has 0 radical (unpaired) electrons. The molecule has 0 spiro atoms. The average Bonchev–Trinajstić information content (AvgIpc) is 2.88. The molecule has 1 heterocycles. The van der Waals surface area contributed by atoms with Crippen molar-refractivity contribution in [3.63, 3.8) is 0 Å². The molecule has 214 valence electrons. The Morgan fingerprint density at radius 2 is 1.43 bits per heavy atom. The Morgan fingerprint density at radius 3 is 1.98 bits per heavy atom. The third kappa shape index (κ3) is 7.69. The first-order chi connectivity index (χ1) is 19.0. The number of carbonyl (C=O) groups excluding carboxylic acids is 4. The molecule has 0 aromatic heterocycles. The molecule has 0 amide bonds. The molecule has 1 aliphatic heterocycles. The SMILES string of the molecule is CC(=O)OC[C@H]1O[C@@H](Oc2ccc(/C(=N/O)c3ccccc3)c(O)c2)[C@@H](OC(C)=O)[C@@H](OC(C)=O)[C@H]1OC(C)=O. The molecule has 13 nitrogen and oxygen atoms in total. The van der Waals surface area contributed by atoms with Crippen LogP contribution < -0.4 is 4.74 Å². The lowest BCUT2D eigenvalue weighted by atomic mass is 9.98. The van der Waals surface area contributed by atoms with Crippen LogP contribution >= 0.6 is 0 Å². The Labute approximate surface area is 229 Å². The maximum atomic E-state index is 12.0. The number of benzene rings is 2. The molecule has 1 saturated heterocycles. The quantitative estimate of drug-likeness (QED) is 0.151. The lowest BCUT2D eigenvalue weighted by molar-refractivity contribution is -0.288. The average molecular weight is 560 g/mol. The van der Waals surface area contributed by atoms with Gasteiger partial charge in [-0.05, 0) is 12.1 Å². The molecule has 0 bridgehead atoms. The minimum Gasteiger partial charge on any atom is -0.507 e. The van der Waals surface area contributed by atoms with Crippen molar-refractivity contribution < 1.29 is 57.9 Å². The normalized spacial score (nSPS) is 22.5. The summed E-state index contributed by atoms with van der Waals surface area (Å²) in [6, 6.07) is 12.7. The summed E-state index contributed by atoms with van der Waals surface area (Å²) in [5.74, 6) is -3.30. The van der Waals surface area contributed by atoms with E-state index < -0.39 is 61.2 Å². The Morgan fingerprint density at radius 1 is 0.825 bits per heavy atom. The summed E-state index contributed by atoms with van der Waals surface area (Å²) in [5.41, 5.74) is 0.813. The van der Waals surface area contributed by atoms with Gasteiger partial charge in [0.15, 0.2) is 12.2 Å². The van der Waals surface area contributed by atoms with Crippen LogP contribution in [0.4, 0.5) is 0 Å². The van der Waals surface area contributed by atoms with Gasteiger partial charge in [-0.2, -0.15) is 0 Å². The predicted octanol–water partition coefficient (Wildman–Crippen LogP) is 2.08. The van der Waals surface area contributed by atoms with Crippen molar-refractivity contribution in [1.29, 1.82) is 0 Å². The van der Waals surface area contributed by atoms with Gasteiger partial charge in [-0.25, -0.2) is 0 Å². The van der Waals surface area contributed by atoms with Gasteiger partial charge in [0.05, 0.1) is 0 Å². The van der Waals surface area contributed by atoms with Crippen LogP contribution in [0.25, 0.3) is 0 Å². The van der Waals surface area contributed by atoms with Crippen LogP contribution in [0, 0.1) is 0 Å². The molecular formula is C27H29NO12. The molecule has 1 aliphatic rings. The van der Waals surface area contributed by atoms with Crippen molar-refractivity contribution in [2.45, 2.75) is 58.4 Å². The van der Waals surface area contributed by atoms with E-state index in [1.807, 2.05) is 0 Å². The summed E-state index contributed by atoms with van der Waals surface area (Å²) in [6.07, 6.45) is -6.88. The third-order valence-electron chi connectivity index (χ3n) is 5.57. The van der Waals surface area contributed by atoms with Gasteiger partial charge in [-0.15, -0.1) is 0 Å². The van der Waals surface area contributed by atoms with Gasteiger partial charge in [-0.1, -0.05) is 35.5 Å². The second-order valence-electron chi connectivity index (χ2n) is 8.68. The number of aromatic hydroxyl groups is 1. The van der Waals surface area contributed by atoms with Gasteiger partial charge in [0.1, 0.15) is 29.9 Å². The molecule has 0 saturated carbocycles. The van der Waals surface area contributed by atoms with E-state index in [-0.39, 0.29) is 22.8 Å². The fourth-order valence-electron chi connectivity index (χ4n) is 4.07. The van der Waals surface area contributed by atoms with Gasteiger partial charge >= 0.3 is 23.9 Å². The monoisotopic (exact) mass is 559 g/mol. The van der Waals surface area contributed by atoms with Crippen LogP contribution in [0.1, 0.15) is 38.8 Å². The van der Waals surface area contributed by atoms with E-state index in [9.17, 15) is 29.5 Å². The maximum absolute atomic E-state index is 12.0. The van der Waals surface area contributed by atoms with Gasteiger partial charge in [0, 0.05) is 44.9 Å². The highest BCUT2D eigenvalue weighted by Crippen LogP contribution is 2.33. The Kier molecular flexibility index (Phi) is 10.0. The number of hydrogen-bond acceptors (Lipinski definition) is 13. The van der Waals surface area contributed by atoms with Crippen molar-refractivity contribution in [2.24, 2.45) is 5.16 Å². The minimum absolute atomic E-state index is 0.0208. The zero-order valence-electron chi connectivity index (χ0n) is 22.1. The van der Waals surface area contributed by atoms with Gasteiger partial charge in [-0.3, -0.25) is 19.2 Å². The van der Waals surface area contributed by atoms with Crippen LogP contribution in [0.2, 0.25) is 0 Å². The number of oxime groups is 1. The van der Waals surface area contributed by atoms with Gasteiger partial charge < -0.3 is 38.7 Å². The van der Waals surface area contributed by atoms with Gasteiger partial charge in [0.25, 0.3) is 0 Å². The zero-order valence-corrected chi connectivity index (χ0v) is 22.1. The van der Waals surface area contributed by atoms with E-state index in [0.717, 1.165) is 27.7 Å². The minimum atomic E-state index is -1.48. The highest BCUT2D eigenvalue weighted by atomic mass is 16.7. The first-order valence-electron chi connectivity index (χ1n) is 12.1. The second-order valence-corrected chi connectivity index (χ2v) is 8.68. The Balaban J connectivity index is 1.98. The first-order valence-corrected chi connectivity index (χ1v) is 12.1. The number of ether oxygens (including phenoxy) is 6. The number of esters is 4. The predicted molar refractivity (Wildman–Crippen MR) is 135 cm³/mol. The molecule has 40 heavy (non-hydrogen) atoms. The number of hydrogen-bond donors (Lipinski definition) is 2. The third-order valence-corrected chi connectivity index (χ3v) is 5.57. The van der Waals surface area contributed by atoms with E-state index in [2.05, 4.69) is 5.16 Å². The lowest BCUT2D eigenvalue weighted by Gasteiger charge is -2.43. The van der Waals surface area contributed by atoms with Crippen LogP contribution in [0.5, 0.6) is 11.5 Å². The Hall–Kier alpha value is -4.65. The van der Waals surface area contributed by atoms with Crippen molar-refractivity contribution in [3.8, 4) is 11.5 Å². The standard InChI is InChI=1S/C27H29NO12/c1-14(29)35-13-22-24(36-15(2)30)25(37-16(3)31)26(38-17(4)32)27(40-22)39-19-10-11-20(21(33)12-19)23(28-34)18-8-6-5-7-9-18/h5-12,22,24-27,33-34H,13H2,1-4H3/b28-23+/t22-,24+,25+,26+,27-/m1/s1. The molecule has 5 atom stereocenters. The largest absolute Gasteiger partial charge is 0.507 e. The van der Waals surface area contributed by atoms with E-state index in [1.54, 1.807) is 30.3 Å². The molecule has 1 fully saturated rings. The maximum Gasteiger partial charge on any atom is 0.303 e. The number of nitrogens with zero attached hydrogens (tertiary/aromatic N) is 1. The summed E-state index contributed by atoms with van der Waals surface area (Å²) in [5, 5.41) is 23.6. The Bertz CT molecular complexity index is 1260. The van der Waals surface area contributed by atoms with E-state index in [4.69, 9.17) is 28.4 Å². The summed E-state index contributed by atoms with van der Waals surface area (Å²) in [7, 11) is 0. The van der Waals surface area contributed by atoms with E-state index in [1.165, 1.54) is 18.2 Å². The summed E-state index contributed by atoms with van der Waals surface area (Å²) in [4.78, 5) is 47.3. The number of phenols is 1. The highest BCUT2D eigenvalue weighted by Gasteiger charge is 2.53. The topological polar surface area (TPSA) is 176 Å². The van der Waals surface area contributed by atoms with Crippen LogP contribution in [0.15, 0.2) is 53.7 Å². The lowest BCUT2D eigenvalue weighted by Crippen LogP contribution is -2.63. The second kappa shape index (κ2) is 13.4. The molecule has 2 N–H and O–H groups in total. The summed E-state index contributed by atoms with van der Waals surface area (Å²) in [6.45, 7) is 4.06. The fourth-order valence-corrected chi connectivity index (χ4v) is 4.07. The van der Waals surface area contributed by atoms with Crippen LogP contribution in [-0.2, 0) is 42.9 Å². The van der Waals surface area contributed by atoms with Crippen LogP contribution in [-0.4, -0.2) is 77.2 Å². The zero-order chi connectivity index (χ0) is 29.4. The summed E-state index contributed by atoms with van der Waals surface area (Å²) < 4.78 is 32.9. The van der Waals surface area contributed by atoms with Crippen molar-refractivity contribution in [2.75, 3.05) is 6.61 Å². The number of carbonyl (C=O) groups is 4. The summed E-state index contributed by atoms with van der Waals surface area (Å²) >= 11 is 0. The number of rotatable bonds is 9. The smallest absolute Gasteiger partial charge is 0.303 e. The highest BCUT2D eigenvalue weighted by molar-refractivity contribution is 6.14.